The fraction of sp³-hybridized carbons (Fsp3) is 0.552. The van der Waals surface area contributed by atoms with Gasteiger partial charge in [-0.1, -0.05) is 19.1 Å². The molecule has 0 radical (unpaired) electrons. The van der Waals surface area contributed by atoms with Crippen molar-refractivity contribution >= 4 is 5.97 Å². The summed E-state index contributed by atoms with van der Waals surface area (Å²) in [6.07, 6.45) is -4.90. The molecule has 1 saturated carbocycles. The van der Waals surface area contributed by atoms with E-state index in [-0.39, 0.29) is 18.0 Å². The number of piperidine rings is 1. The van der Waals surface area contributed by atoms with Gasteiger partial charge in [0.25, 0.3) is 0 Å². The zero-order valence-electron chi connectivity index (χ0n) is 21.5. The number of carboxylic acids is 1. The van der Waals surface area contributed by atoms with Crippen molar-refractivity contribution in [1.29, 1.82) is 0 Å². The molecule has 4 nitrogen and oxygen atoms in total. The van der Waals surface area contributed by atoms with Crippen LogP contribution in [0.4, 0.5) is 26.3 Å². The van der Waals surface area contributed by atoms with Crippen molar-refractivity contribution in [3.8, 4) is 5.75 Å². The summed E-state index contributed by atoms with van der Waals surface area (Å²) in [5.74, 6) is -0.371. The predicted octanol–water partition coefficient (Wildman–Crippen LogP) is 7.30. The third kappa shape index (κ3) is 5.90. The molecule has 3 aliphatic rings. The van der Waals surface area contributed by atoms with Gasteiger partial charge >= 0.3 is 18.3 Å². The maximum Gasteiger partial charge on any atom is 0.416 e. The lowest BCUT2D eigenvalue weighted by atomic mass is 9.80. The average molecular weight is 556 g/mol. The SMILES string of the molecule is C[C@H](C(=O)O)[C@H](c1ccc2c(c1)OC1(CC2)CCN(Cc2cc(C(F)(F)F)ccc2C(F)(F)F)CC1)C1CC1. The molecular formula is C29H31F6NO3. The number of hydrogen-bond donors (Lipinski definition) is 1. The van der Waals surface area contributed by atoms with Crippen molar-refractivity contribution in [1.82, 2.24) is 4.90 Å². The molecule has 2 aromatic rings. The smallest absolute Gasteiger partial charge is 0.416 e. The molecule has 1 saturated heterocycles. The van der Waals surface area contributed by atoms with Crippen molar-refractivity contribution in [2.24, 2.45) is 11.8 Å². The quantitative estimate of drug-likeness (QED) is 0.380. The van der Waals surface area contributed by atoms with E-state index in [1.807, 2.05) is 18.2 Å². The van der Waals surface area contributed by atoms with Crippen LogP contribution in [-0.2, 0) is 30.1 Å². The van der Waals surface area contributed by atoms with Crippen molar-refractivity contribution in [3.63, 3.8) is 0 Å². The first kappa shape index (κ1) is 27.8. The molecule has 0 unspecified atom stereocenters. The van der Waals surface area contributed by atoms with Crippen LogP contribution in [0.15, 0.2) is 36.4 Å². The number of hydrogen-bond acceptors (Lipinski definition) is 3. The summed E-state index contributed by atoms with van der Waals surface area (Å²) in [5.41, 5.74) is -1.04. The van der Waals surface area contributed by atoms with Gasteiger partial charge < -0.3 is 9.84 Å². The Morgan fingerprint density at radius 1 is 1.03 bits per heavy atom. The van der Waals surface area contributed by atoms with Crippen LogP contribution in [0.3, 0.4) is 0 Å². The van der Waals surface area contributed by atoms with Gasteiger partial charge in [-0.15, -0.1) is 0 Å². The number of alkyl halides is 6. The molecule has 2 heterocycles. The molecule has 2 fully saturated rings. The fourth-order valence-corrected chi connectivity index (χ4v) is 6.19. The van der Waals surface area contributed by atoms with Gasteiger partial charge in [-0.3, -0.25) is 9.69 Å². The topological polar surface area (TPSA) is 49.8 Å². The van der Waals surface area contributed by atoms with Gasteiger partial charge in [-0.25, -0.2) is 0 Å². The van der Waals surface area contributed by atoms with E-state index in [1.54, 1.807) is 11.8 Å². The Morgan fingerprint density at radius 2 is 1.72 bits per heavy atom. The number of aryl methyl sites for hydroxylation is 1. The molecule has 2 aliphatic heterocycles. The number of aliphatic carboxylic acids is 1. The van der Waals surface area contributed by atoms with E-state index in [2.05, 4.69) is 0 Å². The van der Waals surface area contributed by atoms with E-state index < -0.39 is 41.0 Å². The molecular weight excluding hydrogens is 524 g/mol. The normalized spacial score (nSPS) is 21.2. The third-order valence-corrected chi connectivity index (χ3v) is 8.61. The molecule has 0 aromatic heterocycles. The van der Waals surface area contributed by atoms with Crippen molar-refractivity contribution < 1.29 is 41.0 Å². The molecule has 1 N–H and O–H groups in total. The van der Waals surface area contributed by atoms with Crippen LogP contribution >= 0.6 is 0 Å². The minimum Gasteiger partial charge on any atom is -0.487 e. The number of likely N-dealkylation sites (tertiary alicyclic amines) is 1. The van der Waals surface area contributed by atoms with Gasteiger partial charge in [0.05, 0.1) is 17.0 Å². The minimum atomic E-state index is -4.75. The maximum absolute atomic E-state index is 13.5. The van der Waals surface area contributed by atoms with Crippen LogP contribution in [-0.4, -0.2) is 34.7 Å². The van der Waals surface area contributed by atoms with E-state index in [9.17, 15) is 36.2 Å². The van der Waals surface area contributed by atoms with Gasteiger partial charge in [-0.05, 0) is 91.3 Å². The number of fused-ring (bicyclic) bond motifs is 1. The Balaban J connectivity index is 1.30. The molecule has 212 valence electrons. The van der Waals surface area contributed by atoms with E-state index >= 15 is 0 Å². The predicted molar refractivity (Wildman–Crippen MR) is 131 cm³/mol. The van der Waals surface area contributed by atoms with Crippen molar-refractivity contribution in [3.05, 3.63) is 64.2 Å². The van der Waals surface area contributed by atoms with Gasteiger partial charge in [-0.2, -0.15) is 26.3 Å². The third-order valence-electron chi connectivity index (χ3n) is 8.61. The van der Waals surface area contributed by atoms with Crippen molar-refractivity contribution in [2.75, 3.05) is 13.1 Å². The molecule has 5 rings (SSSR count). The number of benzene rings is 2. The molecule has 1 spiro atoms. The van der Waals surface area contributed by atoms with Crippen LogP contribution in [0.25, 0.3) is 0 Å². The molecule has 39 heavy (non-hydrogen) atoms. The molecule has 10 heteroatoms. The summed E-state index contributed by atoms with van der Waals surface area (Å²) >= 11 is 0. The summed E-state index contributed by atoms with van der Waals surface area (Å²) in [6.45, 7) is 2.29. The molecule has 0 amide bonds. The summed E-state index contributed by atoms with van der Waals surface area (Å²) in [4.78, 5) is 13.5. The van der Waals surface area contributed by atoms with Crippen LogP contribution in [0.1, 0.15) is 72.8 Å². The van der Waals surface area contributed by atoms with Crippen LogP contribution in [0, 0.1) is 11.8 Å². The van der Waals surface area contributed by atoms with Crippen LogP contribution in [0.2, 0.25) is 0 Å². The standard InChI is InChI=1S/C29H31F6NO3/c1-17(26(37)38)25(19-3-4-19)20-5-2-18-8-9-27(39-24(18)15-20)10-12-36(13-11-27)16-21-14-22(28(30,31)32)6-7-23(21)29(33,34)35/h2,5-7,14-15,17,19,25H,3-4,8-13,16H2,1H3,(H,37,38)/t17-,25-/m0/s1. The Kier molecular flexibility index (Phi) is 7.14. The van der Waals surface area contributed by atoms with E-state index in [4.69, 9.17) is 4.74 Å². The Bertz CT molecular complexity index is 1230. The highest BCUT2D eigenvalue weighted by molar-refractivity contribution is 5.71. The number of ether oxygens (including phenoxy) is 1. The number of carboxylic acid groups (broad SMARTS) is 1. The average Bonchev–Trinajstić information content (AvgIpc) is 3.69. The molecule has 2 atom stereocenters. The lowest BCUT2D eigenvalue weighted by Gasteiger charge is -2.45. The van der Waals surface area contributed by atoms with Gasteiger partial charge in [0.2, 0.25) is 0 Å². The second-order valence-electron chi connectivity index (χ2n) is 11.3. The number of carbonyl (C=O) groups is 1. The van der Waals surface area contributed by atoms with E-state index in [0.717, 1.165) is 42.6 Å². The van der Waals surface area contributed by atoms with Crippen LogP contribution in [0.5, 0.6) is 5.75 Å². The molecule has 1 aliphatic carbocycles. The second-order valence-corrected chi connectivity index (χ2v) is 11.3. The number of nitrogens with zero attached hydrogens (tertiary/aromatic N) is 1. The number of rotatable bonds is 6. The van der Waals surface area contributed by atoms with Crippen LogP contribution < -0.4 is 4.74 Å². The zero-order chi connectivity index (χ0) is 28.2. The highest BCUT2D eigenvalue weighted by Gasteiger charge is 2.43. The van der Waals surface area contributed by atoms with Gasteiger partial charge in [0, 0.05) is 19.6 Å². The summed E-state index contributed by atoms with van der Waals surface area (Å²) < 4.78 is 86.8. The summed E-state index contributed by atoms with van der Waals surface area (Å²) in [7, 11) is 0. The first-order valence-electron chi connectivity index (χ1n) is 13.3. The zero-order valence-corrected chi connectivity index (χ0v) is 21.5. The maximum atomic E-state index is 13.5. The molecule has 0 bridgehead atoms. The highest BCUT2D eigenvalue weighted by atomic mass is 19.4. The minimum absolute atomic E-state index is 0.0913. The monoisotopic (exact) mass is 555 g/mol. The Morgan fingerprint density at radius 3 is 2.31 bits per heavy atom. The lowest BCUT2D eigenvalue weighted by Crippen LogP contribution is -2.49. The van der Waals surface area contributed by atoms with Crippen molar-refractivity contribution in [2.45, 2.75) is 75.9 Å². The fourth-order valence-electron chi connectivity index (χ4n) is 6.19. The number of halogens is 6. The Hall–Kier alpha value is -2.75. The summed E-state index contributed by atoms with van der Waals surface area (Å²) in [6, 6.07) is 7.56. The van der Waals surface area contributed by atoms with E-state index in [0.29, 0.717) is 50.0 Å². The first-order chi connectivity index (χ1) is 18.3. The second kappa shape index (κ2) is 10.0. The van der Waals surface area contributed by atoms with E-state index in [1.165, 1.54) is 0 Å². The highest BCUT2D eigenvalue weighted by Crippen LogP contribution is 2.49. The Labute approximate surface area is 222 Å². The van der Waals surface area contributed by atoms with Gasteiger partial charge in [0.15, 0.2) is 0 Å². The lowest BCUT2D eigenvalue weighted by molar-refractivity contribution is -0.142. The first-order valence-corrected chi connectivity index (χ1v) is 13.3. The van der Waals surface area contributed by atoms with Gasteiger partial charge in [0.1, 0.15) is 11.4 Å². The largest absolute Gasteiger partial charge is 0.487 e. The summed E-state index contributed by atoms with van der Waals surface area (Å²) in [5, 5.41) is 9.62. The molecule has 2 aromatic carbocycles.